The van der Waals surface area contributed by atoms with Crippen LogP contribution >= 0.6 is 0 Å². The predicted molar refractivity (Wildman–Crippen MR) is 47.7 cm³/mol. The highest BCUT2D eigenvalue weighted by Gasteiger charge is 2.22. The Labute approximate surface area is 73.6 Å². The average Bonchev–Trinajstić information content (AvgIpc) is 2.51. The van der Waals surface area contributed by atoms with Gasteiger partial charge in [0.25, 0.3) is 0 Å². The lowest BCUT2D eigenvalue weighted by molar-refractivity contribution is -0.141. The fourth-order valence-corrected chi connectivity index (χ4v) is 1.84. The molecule has 0 spiro atoms. The molecule has 0 saturated heterocycles. The van der Waals surface area contributed by atoms with Crippen molar-refractivity contribution in [1.29, 1.82) is 0 Å². The number of ether oxygens (including phenoxy) is 1. The molecule has 0 amide bonds. The van der Waals surface area contributed by atoms with Gasteiger partial charge in [0.1, 0.15) is 0 Å². The van der Waals surface area contributed by atoms with Crippen LogP contribution in [0.2, 0.25) is 0 Å². The Balaban J connectivity index is 2.46. The Hall–Kier alpha value is -0.790. The highest BCUT2D eigenvalue weighted by atomic mass is 16.5. The average molecular weight is 168 g/mol. The molecule has 0 aromatic carbocycles. The van der Waals surface area contributed by atoms with Gasteiger partial charge >= 0.3 is 5.97 Å². The van der Waals surface area contributed by atoms with Gasteiger partial charge in [-0.15, -0.1) is 0 Å². The van der Waals surface area contributed by atoms with Gasteiger partial charge in [-0.3, -0.25) is 4.79 Å². The lowest BCUT2D eigenvalue weighted by Crippen LogP contribution is -2.08. The molecule has 1 aliphatic carbocycles. The minimum atomic E-state index is -0.0822. The van der Waals surface area contributed by atoms with Crippen molar-refractivity contribution in [2.24, 2.45) is 5.92 Å². The summed E-state index contributed by atoms with van der Waals surface area (Å²) in [6, 6.07) is 0. The third kappa shape index (κ3) is 2.10. The zero-order valence-corrected chi connectivity index (χ0v) is 7.80. The van der Waals surface area contributed by atoms with Crippen LogP contribution in [-0.4, -0.2) is 13.1 Å². The Bertz CT molecular complexity index is 194. The maximum absolute atomic E-state index is 11.0. The molecule has 1 fully saturated rings. The largest absolute Gasteiger partial charge is 0.469 e. The third-order valence-corrected chi connectivity index (χ3v) is 2.55. The van der Waals surface area contributed by atoms with Gasteiger partial charge in [-0.25, -0.2) is 0 Å². The minimum Gasteiger partial charge on any atom is -0.469 e. The first kappa shape index (κ1) is 9.30. The van der Waals surface area contributed by atoms with Crippen molar-refractivity contribution in [3.8, 4) is 0 Å². The van der Waals surface area contributed by atoms with Gasteiger partial charge in [-0.05, 0) is 32.1 Å². The Morgan fingerprint density at radius 3 is 3.08 bits per heavy atom. The fourth-order valence-electron chi connectivity index (χ4n) is 1.84. The van der Waals surface area contributed by atoms with Crippen LogP contribution in [-0.2, 0) is 9.53 Å². The molecule has 12 heavy (non-hydrogen) atoms. The van der Waals surface area contributed by atoms with Crippen molar-refractivity contribution >= 4 is 5.97 Å². The molecule has 1 atom stereocenters. The molecular formula is C10H16O2. The number of esters is 1. The van der Waals surface area contributed by atoms with E-state index >= 15 is 0 Å². The van der Waals surface area contributed by atoms with Crippen LogP contribution < -0.4 is 0 Å². The van der Waals surface area contributed by atoms with E-state index in [1.54, 1.807) is 0 Å². The van der Waals surface area contributed by atoms with Crippen LogP contribution in [0.1, 0.15) is 32.6 Å². The summed E-state index contributed by atoms with van der Waals surface area (Å²) in [7, 11) is 1.45. The number of methoxy groups -OCH3 is 1. The molecule has 2 heteroatoms. The van der Waals surface area contributed by atoms with E-state index in [9.17, 15) is 4.79 Å². The maximum atomic E-state index is 11.0. The Kier molecular flexibility index (Phi) is 3.32. The second kappa shape index (κ2) is 4.29. The second-order valence-electron chi connectivity index (χ2n) is 3.23. The van der Waals surface area contributed by atoms with E-state index in [0.717, 1.165) is 12.8 Å². The number of allylic oxidation sites excluding steroid dienone is 2. The molecule has 0 aromatic rings. The standard InChI is InChI=1S/C10H16O2/c1-3-8-5-4-6-9(8)7-10(11)12-2/h3,9H,4-7H2,1-2H3/b8-3-. The summed E-state index contributed by atoms with van der Waals surface area (Å²) in [6.45, 7) is 2.05. The van der Waals surface area contributed by atoms with E-state index in [-0.39, 0.29) is 5.97 Å². The monoisotopic (exact) mass is 168 g/mol. The van der Waals surface area contributed by atoms with Crippen LogP contribution in [0, 0.1) is 5.92 Å². The molecule has 1 unspecified atom stereocenters. The molecule has 0 aliphatic heterocycles. The molecule has 68 valence electrons. The van der Waals surface area contributed by atoms with E-state index in [2.05, 4.69) is 10.8 Å². The van der Waals surface area contributed by atoms with Gasteiger partial charge < -0.3 is 4.74 Å². The molecule has 1 saturated carbocycles. The first-order valence-corrected chi connectivity index (χ1v) is 4.49. The number of hydrogen-bond acceptors (Lipinski definition) is 2. The summed E-state index contributed by atoms with van der Waals surface area (Å²) in [5, 5.41) is 0. The number of hydrogen-bond donors (Lipinski definition) is 0. The van der Waals surface area contributed by atoms with Gasteiger partial charge in [-0.1, -0.05) is 11.6 Å². The predicted octanol–water partition coefficient (Wildman–Crippen LogP) is 2.30. The molecule has 0 heterocycles. The summed E-state index contributed by atoms with van der Waals surface area (Å²) in [5.41, 5.74) is 1.43. The van der Waals surface area contributed by atoms with E-state index in [0.29, 0.717) is 12.3 Å². The number of rotatable bonds is 2. The third-order valence-electron chi connectivity index (χ3n) is 2.55. The van der Waals surface area contributed by atoms with E-state index in [1.165, 1.54) is 19.1 Å². The quantitative estimate of drug-likeness (QED) is 0.467. The van der Waals surface area contributed by atoms with E-state index in [1.807, 2.05) is 6.92 Å². The number of carbonyl (C=O) groups is 1. The highest BCUT2D eigenvalue weighted by molar-refractivity contribution is 5.70. The zero-order chi connectivity index (χ0) is 8.97. The summed E-state index contributed by atoms with van der Waals surface area (Å²) in [5.74, 6) is 0.378. The van der Waals surface area contributed by atoms with Crippen LogP contribution in [0.5, 0.6) is 0 Å². The van der Waals surface area contributed by atoms with Gasteiger partial charge in [0.05, 0.1) is 13.5 Å². The Morgan fingerprint density at radius 1 is 1.75 bits per heavy atom. The highest BCUT2D eigenvalue weighted by Crippen LogP contribution is 2.33. The summed E-state index contributed by atoms with van der Waals surface area (Å²) >= 11 is 0. The van der Waals surface area contributed by atoms with Crippen LogP contribution in [0.15, 0.2) is 11.6 Å². The SMILES string of the molecule is C/C=C1/CCCC1CC(=O)OC. The van der Waals surface area contributed by atoms with Gasteiger partial charge in [-0.2, -0.15) is 0 Å². The topological polar surface area (TPSA) is 26.3 Å². The lowest BCUT2D eigenvalue weighted by Gasteiger charge is -2.09. The molecular weight excluding hydrogens is 152 g/mol. The van der Waals surface area contributed by atoms with Gasteiger partial charge in [0.2, 0.25) is 0 Å². The van der Waals surface area contributed by atoms with Gasteiger partial charge in [0.15, 0.2) is 0 Å². The molecule has 0 bridgehead atoms. The smallest absolute Gasteiger partial charge is 0.306 e. The van der Waals surface area contributed by atoms with Crippen molar-refractivity contribution in [2.45, 2.75) is 32.6 Å². The van der Waals surface area contributed by atoms with Crippen molar-refractivity contribution in [2.75, 3.05) is 7.11 Å². The summed E-state index contributed by atoms with van der Waals surface area (Å²) in [6.07, 6.45) is 6.24. The van der Waals surface area contributed by atoms with Gasteiger partial charge in [0, 0.05) is 0 Å². The summed E-state index contributed by atoms with van der Waals surface area (Å²) in [4.78, 5) is 11.0. The van der Waals surface area contributed by atoms with Crippen molar-refractivity contribution in [3.05, 3.63) is 11.6 Å². The van der Waals surface area contributed by atoms with Crippen LogP contribution in [0.3, 0.4) is 0 Å². The maximum Gasteiger partial charge on any atom is 0.306 e. The lowest BCUT2D eigenvalue weighted by atomic mass is 9.99. The van der Waals surface area contributed by atoms with E-state index in [4.69, 9.17) is 0 Å². The molecule has 1 rings (SSSR count). The molecule has 2 nitrogen and oxygen atoms in total. The fraction of sp³-hybridized carbons (Fsp3) is 0.700. The second-order valence-corrected chi connectivity index (χ2v) is 3.23. The number of carbonyl (C=O) groups excluding carboxylic acids is 1. The van der Waals surface area contributed by atoms with Crippen molar-refractivity contribution in [3.63, 3.8) is 0 Å². The normalized spacial score (nSPS) is 26.2. The minimum absolute atomic E-state index is 0.0822. The van der Waals surface area contributed by atoms with Crippen molar-refractivity contribution < 1.29 is 9.53 Å². The summed E-state index contributed by atoms with van der Waals surface area (Å²) < 4.78 is 4.64. The molecule has 0 radical (unpaired) electrons. The first-order chi connectivity index (χ1) is 5.77. The van der Waals surface area contributed by atoms with Crippen LogP contribution in [0.4, 0.5) is 0 Å². The van der Waals surface area contributed by atoms with E-state index < -0.39 is 0 Å². The van der Waals surface area contributed by atoms with Crippen LogP contribution in [0.25, 0.3) is 0 Å². The molecule has 0 N–H and O–H groups in total. The zero-order valence-electron chi connectivity index (χ0n) is 7.80. The Morgan fingerprint density at radius 2 is 2.50 bits per heavy atom. The molecule has 0 aromatic heterocycles. The molecule has 1 aliphatic rings. The van der Waals surface area contributed by atoms with Crippen molar-refractivity contribution in [1.82, 2.24) is 0 Å². The first-order valence-electron chi connectivity index (χ1n) is 4.49.